The van der Waals surface area contributed by atoms with Gasteiger partial charge in [0.05, 0.1) is 13.4 Å². The van der Waals surface area contributed by atoms with E-state index in [4.69, 9.17) is 9.62 Å². The lowest BCUT2D eigenvalue weighted by molar-refractivity contribution is -0.0916. The van der Waals surface area contributed by atoms with Gasteiger partial charge in [0.25, 0.3) is 10.1 Å². The molecule has 0 heterocycles. The topological polar surface area (TPSA) is 61.8 Å². The van der Waals surface area contributed by atoms with E-state index in [0.717, 1.165) is 23.1 Å². The summed E-state index contributed by atoms with van der Waals surface area (Å²) >= 11 is 0. The Morgan fingerprint density at radius 2 is 1.26 bits per heavy atom. The fourth-order valence-electron chi connectivity index (χ4n) is 2.20. The van der Waals surface area contributed by atoms with Crippen molar-refractivity contribution in [3.8, 4) is 11.5 Å². The number of rotatable bonds is 6. The van der Waals surface area contributed by atoms with Gasteiger partial charge in [-0.3, -0.25) is 0 Å². The van der Waals surface area contributed by atoms with E-state index in [0.29, 0.717) is 5.75 Å². The highest BCUT2D eigenvalue weighted by atomic mass is 32.2. The zero-order chi connectivity index (χ0) is 17.1. The standard InChI is InChI=1S/C17H20O5S/c1-17(2,13-5-9-15(20-3)10-6-13)14-7-11-16(12-8-14)21-22-23(4,18)19/h5-12H,1-4H3. The van der Waals surface area contributed by atoms with Crippen LogP contribution in [0.2, 0.25) is 0 Å². The third kappa shape index (κ3) is 4.46. The van der Waals surface area contributed by atoms with Crippen LogP contribution < -0.4 is 9.62 Å². The molecule has 2 aromatic rings. The molecular formula is C17H20O5S. The van der Waals surface area contributed by atoms with Crippen LogP contribution in [0.25, 0.3) is 0 Å². The first-order valence-electron chi connectivity index (χ1n) is 7.03. The summed E-state index contributed by atoms with van der Waals surface area (Å²) in [6, 6.07) is 15.0. The molecule has 0 fully saturated rings. The fourth-order valence-corrected chi connectivity index (χ4v) is 2.40. The summed E-state index contributed by atoms with van der Waals surface area (Å²) in [6.07, 6.45) is 0.925. The molecule has 6 heteroatoms. The normalized spacial score (nSPS) is 12.0. The Balaban J connectivity index is 2.19. The van der Waals surface area contributed by atoms with E-state index in [2.05, 4.69) is 18.2 Å². The second-order valence-electron chi connectivity index (χ2n) is 5.73. The monoisotopic (exact) mass is 336 g/mol. The number of methoxy groups -OCH3 is 1. The molecule has 2 aromatic carbocycles. The zero-order valence-electron chi connectivity index (χ0n) is 13.6. The van der Waals surface area contributed by atoms with E-state index < -0.39 is 10.1 Å². The van der Waals surface area contributed by atoms with Crippen LogP contribution in [0, 0.1) is 0 Å². The van der Waals surface area contributed by atoms with Gasteiger partial charge in [-0.25, -0.2) is 0 Å². The summed E-state index contributed by atoms with van der Waals surface area (Å²) in [4.78, 5) is 4.77. The zero-order valence-corrected chi connectivity index (χ0v) is 14.4. The van der Waals surface area contributed by atoms with Crippen molar-refractivity contribution in [3.05, 3.63) is 59.7 Å². The lowest BCUT2D eigenvalue weighted by Gasteiger charge is -2.26. The van der Waals surface area contributed by atoms with Gasteiger partial charge in [-0.05, 0) is 35.4 Å². The van der Waals surface area contributed by atoms with Crippen LogP contribution >= 0.6 is 0 Å². The van der Waals surface area contributed by atoms with Crippen molar-refractivity contribution in [2.45, 2.75) is 19.3 Å². The Morgan fingerprint density at radius 3 is 1.65 bits per heavy atom. The highest BCUT2D eigenvalue weighted by Crippen LogP contribution is 2.33. The van der Waals surface area contributed by atoms with E-state index in [1.807, 2.05) is 36.4 Å². The van der Waals surface area contributed by atoms with Crippen molar-refractivity contribution in [2.24, 2.45) is 0 Å². The highest BCUT2D eigenvalue weighted by molar-refractivity contribution is 7.85. The van der Waals surface area contributed by atoms with Crippen LogP contribution in [0.4, 0.5) is 0 Å². The SMILES string of the molecule is COc1ccc(C(C)(C)c2ccc(OOS(C)(=O)=O)cc2)cc1. The molecule has 0 aliphatic heterocycles. The number of benzene rings is 2. The molecule has 124 valence electrons. The first-order chi connectivity index (χ1) is 10.7. The quantitative estimate of drug-likeness (QED) is 0.598. The molecule has 0 N–H and O–H groups in total. The molecule has 0 saturated carbocycles. The van der Waals surface area contributed by atoms with E-state index in [1.165, 1.54) is 0 Å². The van der Waals surface area contributed by atoms with Gasteiger partial charge in [-0.15, -0.1) is 0 Å². The Morgan fingerprint density at radius 1 is 0.826 bits per heavy atom. The average Bonchev–Trinajstić information content (AvgIpc) is 2.53. The lowest BCUT2D eigenvalue weighted by atomic mass is 9.78. The van der Waals surface area contributed by atoms with Gasteiger partial charge in [0.15, 0.2) is 5.75 Å². The van der Waals surface area contributed by atoms with E-state index >= 15 is 0 Å². The van der Waals surface area contributed by atoms with Crippen LogP contribution in [-0.4, -0.2) is 21.8 Å². The third-order valence-corrected chi connectivity index (χ3v) is 3.96. The van der Waals surface area contributed by atoms with Gasteiger partial charge in [0.2, 0.25) is 0 Å². The maximum atomic E-state index is 10.9. The van der Waals surface area contributed by atoms with Gasteiger partial charge in [0.1, 0.15) is 5.75 Å². The molecule has 2 rings (SSSR count). The van der Waals surface area contributed by atoms with Gasteiger partial charge >= 0.3 is 0 Å². The number of hydrogen-bond donors (Lipinski definition) is 0. The molecule has 0 radical (unpaired) electrons. The molecule has 0 atom stereocenters. The van der Waals surface area contributed by atoms with E-state index in [1.54, 1.807) is 19.2 Å². The predicted octanol–water partition coefficient (Wildman–Crippen LogP) is 3.29. The van der Waals surface area contributed by atoms with Crippen LogP contribution in [0.15, 0.2) is 48.5 Å². The Hall–Kier alpha value is -2.05. The lowest BCUT2D eigenvalue weighted by Crippen LogP contribution is -2.18. The van der Waals surface area contributed by atoms with Crippen molar-refractivity contribution >= 4 is 10.1 Å². The van der Waals surface area contributed by atoms with Gasteiger partial charge in [0, 0.05) is 5.41 Å². The van der Waals surface area contributed by atoms with Crippen molar-refractivity contribution in [3.63, 3.8) is 0 Å². The fraction of sp³-hybridized carbons (Fsp3) is 0.294. The second kappa shape index (κ2) is 6.60. The summed E-state index contributed by atoms with van der Waals surface area (Å²) in [6.45, 7) is 4.22. The summed E-state index contributed by atoms with van der Waals surface area (Å²) in [5, 5.41) is 0. The summed E-state index contributed by atoms with van der Waals surface area (Å²) < 4.78 is 31.3. The van der Waals surface area contributed by atoms with Crippen LogP contribution in [-0.2, 0) is 19.9 Å². The maximum Gasteiger partial charge on any atom is 0.300 e. The Labute approximate surface area is 136 Å². The second-order valence-corrected chi connectivity index (χ2v) is 7.28. The minimum atomic E-state index is -3.64. The first kappa shape index (κ1) is 17.3. The van der Waals surface area contributed by atoms with Gasteiger partial charge in [-0.2, -0.15) is 8.42 Å². The minimum absolute atomic E-state index is 0.220. The predicted molar refractivity (Wildman–Crippen MR) is 88.1 cm³/mol. The van der Waals surface area contributed by atoms with Gasteiger partial charge in [-0.1, -0.05) is 42.4 Å². The largest absolute Gasteiger partial charge is 0.497 e. The first-order valence-corrected chi connectivity index (χ1v) is 8.85. The third-order valence-electron chi connectivity index (χ3n) is 3.64. The molecule has 0 spiro atoms. The van der Waals surface area contributed by atoms with Crippen molar-refractivity contribution < 1.29 is 22.4 Å². The van der Waals surface area contributed by atoms with E-state index in [-0.39, 0.29) is 5.41 Å². The minimum Gasteiger partial charge on any atom is -0.497 e. The smallest absolute Gasteiger partial charge is 0.300 e. The Bertz CT molecular complexity index is 747. The van der Waals surface area contributed by atoms with Crippen LogP contribution in [0.5, 0.6) is 11.5 Å². The van der Waals surface area contributed by atoms with E-state index in [9.17, 15) is 8.42 Å². The molecule has 0 aliphatic carbocycles. The van der Waals surface area contributed by atoms with Gasteiger partial charge < -0.3 is 9.62 Å². The summed E-state index contributed by atoms with van der Waals surface area (Å²) in [5.74, 6) is 1.14. The number of ether oxygens (including phenoxy) is 1. The van der Waals surface area contributed by atoms with Crippen LogP contribution in [0.3, 0.4) is 0 Å². The molecule has 0 unspecified atom stereocenters. The molecule has 5 nitrogen and oxygen atoms in total. The van der Waals surface area contributed by atoms with Crippen LogP contribution in [0.1, 0.15) is 25.0 Å². The molecule has 0 aromatic heterocycles. The summed E-state index contributed by atoms with van der Waals surface area (Å²) in [7, 11) is -2.01. The molecular weight excluding hydrogens is 316 g/mol. The highest BCUT2D eigenvalue weighted by Gasteiger charge is 2.23. The summed E-state index contributed by atoms with van der Waals surface area (Å²) in [5.41, 5.74) is 1.98. The van der Waals surface area contributed by atoms with Crippen molar-refractivity contribution in [1.29, 1.82) is 0 Å². The van der Waals surface area contributed by atoms with Crippen molar-refractivity contribution in [2.75, 3.05) is 13.4 Å². The maximum absolute atomic E-state index is 10.9. The van der Waals surface area contributed by atoms with Crippen molar-refractivity contribution in [1.82, 2.24) is 0 Å². The molecule has 0 bridgehead atoms. The molecule has 0 amide bonds. The number of hydrogen-bond acceptors (Lipinski definition) is 5. The molecule has 0 aliphatic rings. The Kier molecular flexibility index (Phi) is 4.97. The average molecular weight is 336 g/mol. The molecule has 23 heavy (non-hydrogen) atoms. The molecule has 0 saturated heterocycles.